The average molecular weight is 350 g/mol. The van der Waals surface area contributed by atoms with Crippen molar-refractivity contribution < 1.29 is 9.18 Å². The highest BCUT2D eigenvalue weighted by Gasteiger charge is 2.17. The fraction of sp³-hybridized carbons (Fsp3) is 0.133. The number of fused-ring (bicyclic) bond motifs is 1. The van der Waals surface area contributed by atoms with Crippen LogP contribution in [0.4, 0.5) is 27.1 Å². The first kappa shape index (κ1) is 13.9. The molecule has 0 saturated heterocycles. The van der Waals surface area contributed by atoms with E-state index in [1.54, 1.807) is 12.1 Å². The maximum atomic E-state index is 13.1. The number of anilines is 4. The van der Waals surface area contributed by atoms with Crippen LogP contribution in [0.5, 0.6) is 0 Å². The molecule has 4 nitrogen and oxygen atoms in total. The normalized spacial score (nSPS) is 13.5. The van der Waals surface area contributed by atoms with E-state index < -0.39 is 0 Å². The summed E-state index contributed by atoms with van der Waals surface area (Å²) in [7, 11) is 0. The lowest BCUT2D eigenvalue weighted by molar-refractivity contribution is -0.116. The van der Waals surface area contributed by atoms with Crippen molar-refractivity contribution in [3.63, 3.8) is 0 Å². The van der Waals surface area contributed by atoms with Gasteiger partial charge in [-0.25, -0.2) is 4.39 Å². The lowest BCUT2D eigenvalue weighted by Crippen LogP contribution is -2.19. The summed E-state index contributed by atoms with van der Waals surface area (Å²) in [6.45, 7) is 0. The third-order valence-corrected chi connectivity index (χ3v) is 4.03. The van der Waals surface area contributed by atoms with Gasteiger partial charge in [0.05, 0.1) is 17.1 Å². The van der Waals surface area contributed by atoms with E-state index in [1.165, 1.54) is 12.1 Å². The van der Waals surface area contributed by atoms with E-state index in [1.807, 2.05) is 6.07 Å². The van der Waals surface area contributed by atoms with Crippen LogP contribution in [0.1, 0.15) is 12.0 Å². The molecule has 1 amide bonds. The zero-order chi connectivity index (χ0) is 15.0. The Bertz CT molecular complexity index is 733. The molecule has 108 valence electrons. The Morgan fingerprint density at radius 2 is 2.00 bits per heavy atom. The number of halogens is 2. The Kier molecular flexibility index (Phi) is 3.55. The SMILES string of the molecule is Nc1cc2c(cc1Nc1ccc(F)cc1Br)NC(=O)CC2. The molecule has 0 radical (unpaired) electrons. The number of benzene rings is 2. The van der Waals surface area contributed by atoms with E-state index in [-0.39, 0.29) is 11.7 Å². The summed E-state index contributed by atoms with van der Waals surface area (Å²) in [6.07, 6.45) is 1.16. The van der Waals surface area contributed by atoms with Gasteiger partial charge in [-0.1, -0.05) is 0 Å². The minimum atomic E-state index is -0.321. The lowest BCUT2D eigenvalue weighted by atomic mass is 10.0. The molecular weight excluding hydrogens is 337 g/mol. The molecule has 1 aliphatic heterocycles. The van der Waals surface area contributed by atoms with Gasteiger partial charge in [-0.3, -0.25) is 4.79 Å². The number of amides is 1. The Hall–Kier alpha value is -2.08. The summed E-state index contributed by atoms with van der Waals surface area (Å²) >= 11 is 3.30. The van der Waals surface area contributed by atoms with Gasteiger partial charge in [0.1, 0.15) is 5.82 Å². The average Bonchev–Trinajstić information content (AvgIpc) is 2.43. The summed E-state index contributed by atoms with van der Waals surface area (Å²) in [6, 6.07) is 8.02. The lowest BCUT2D eigenvalue weighted by Gasteiger charge is -2.20. The van der Waals surface area contributed by atoms with E-state index >= 15 is 0 Å². The molecule has 2 aromatic carbocycles. The van der Waals surface area contributed by atoms with E-state index in [0.29, 0.717) is 34.4 Å². The quantitative estimate of drug-likeness (QED) is 0.722. The van der Waals surface area contributed by atoms with E-state index in [9.17, 15) is 9.18 Å². The fourth-order valence-electron chi connectivity index (χ4n) is 2.29. The summed E-state index contributed by atoms with van der Waals surface area (Å²) in [5, 5.41) is 5.97. The van der Waals surface area contributed by atoms with Crippen molar-refractivity contribution >= 4 is 44.6 Å². The molecule has 0 atom stereocenters. The van der Waals surface area contributed by atoms with Crippen LogP contribution in [0.3, 0.4) is 0 Å². The number of rotatable bonds is 2. The largest absolute Gasteiger partial charge is 0.397 e. The number of nitrogens with one attached hydrogen (secondary N) is 2. The van der Waals surface area contributed by atoms with Crippen molar-refractivity contribution in [2.24, 2.45) is 0 Å². The molecule has 4 N–H and O–H groups in total. The van der Waals surface area contributed by atoms with Crippen LogP contribution < -0.4 is 16.4 Å². The molecular formula is C15H13BrFN3O. The summed E-state index contributed by atoms with van der Waals surface area (Å²) in [5.41, 5.74) is 9.78. The molecule has 6 heteroatoms. The number of hydrogen-bond donors (Lipinski definition) is 3. The van der Waals surface area contributed by atoms with Crippen molar-refractivity contribution in [3.8, 4) is 0 Å². The number of hydrogen-bond acceptors (Lipinski definition) is 3. The Morgan fingerprint density at radius 3 is 2.76 bits per heavy atom. The van der Waals surface area contributed by atoms with Crippen molar-refractivity contribution in [3.05, 3.63) is 46.2 Å². The first-order valence-electron chi connectivity index (χ1n) is 6.47. The minimum absolute atomic E-state index is 0.00110. The summed E-state index contributed by atoms with van der Waals surface area (Å²) in [4.78, 5) is 11.5. The molecule has 0 aromatic heterocycles. The predicted octanol–water partition coefficient (Wildman–Crippen LogP) is 3.80. The maximum Gasteiger partial charge on any atom is 0.224 e. The first-order chi connectivity index (χ1) is 10.0. The summed E-state index contributed by atoms with van der Waals surface area (Å²) in [5.74, 6) is -0.320. The van der Waals surface area contributed by atoms with Crippen LogP contribution in [0, 0.1) is 5.82 Å². The molecule has 1 heterocycles. The molecule has 3 rings (SSSR count). The Balaban J connectivity index is 1.95. The van der Waals surface area contributed by atoms with E-state index in [0.717, 1.165) is 11.3 Å². The molecule has 0 saturated carbocycles. The van der Waals surface area contributed by atoms with Gasteiger partial charge in [0.25, 0.3) is 0 Å². The highest BCUT2D eigenvalue weighted by atomic mass is 79.9. The molecule has 0 unspecified atom stereocenters. The number of nitrogens with two attached hydrogens (primary N) is 1. The van der Waals surface area contributed by atoms with Crippen molar-refractivity contribution in [1.82, 2.24) is 0 Å². The van der Waals surface area contributed by atoms with Gasteiger partial charge < -0.3 is 16.4 Å². The molecule has 0 aliphatic carbocycles. The second-order valence-electron chi connectivity index (χ2n) is 4.89. The number of nitrogen functional groups attached to an aromatic ring is 1. The van der Waals surface area contributed by atoms with Crippen LogP contribution >= 0.6 is 15.9 Å². The van der Waals surface area contributed by atoms with Crippen LogP contribution in [-0.2, 0) is 11.2 Å². The Labute approximate surface area is 129 Å². The summed E-state index contributed by atoms with van der Waals surface area (Å²) < 4.78 is 13.7. The number of carbonyl (C=O) groups is 1. The standard InChI is InChI=1S/C15H13BrFN3O/c16-10-6-9(17)2-3-12(10)19-14-7-13-8(5-11(14)18)1-4-15(21)20-13/h2-3,5-7,19H,1,4,18H2,(H,20,21). The zero-order valence-electron chi connectivity index (χ0n) is 11.0. The number of aryl methyl sites for hydroxylation is 1. The molecule has 0 fully saturated rings. The molecule has 0 bridgehead atoms. The molecule has 0 spiro atoms. The van der Waals surface area contributed by atoms with Crippen LogP contribution in [0.25, 0.3) is 0 Å². The third-order valence-electron chi connectivity index (χ3n) is 3.37. The minimum Gasteiger partial charge on any atom is -0.397 e. The van der Waals surface area contributed by atoms with Gasteiger partial charge >= 0.3 is 0 Å². The molecule has 2 aromatic rings. The Morgan fingerprint density at radius 1 is 1.19 bits per heavy atom. The van der Waals surface area contributed by atoms with Gasteiger partial charge in [0, 0.05) is 16.6 Å². The number of carbonyl (C=O) groups excluding carboxylic acids is 1. The van der Waals surface area contributed by atoms with Gasteiger partial charge in [-0.15, -0.1) is 0 Å². The van der Waals surface area contributed by atoms with Crippen LogP contribution in [-0.4, -0.2) is 5.91 Å². The zero-order valence-corrected chi connectivity index (χ0v) is 12.6. The monoisotopic (exact) mass is 349 g/mol. The van der Waals surface area contributed by atoms with Crippen molar-refractivity contribution in [2.45, 2.75) is 12.8 Å². The van der Waals surface area contributed by atoms with E-state index in [4.69, 9.17) is 5.73 Å². The highest BCUT2D eigenvalue weighted by molar-refractivity contribution is 9.10. The highest BCUT2D eigenvalue weighted by Crippen LogP contribution is 2.34. The first-order valence-corrected chi connectivity index (χ1v) is 7.26. The van der Waals surface area contributed by atoms with E-state index in [2.05, 4.69) is 26.6 Å². The van der Waals surface area contributed by atoms with Crippen LogP contribution in [0.15, 0.2) is 34.8 Å². The molecule has 1 aliphatic rings. The van der Waals surface area contributed by atoms with Gasteiger partial charge in [-0.2, -0.15) is 0 Å². The van der Waals surface area contributed by atoms with Gasteiger partial charge in [0.15, 0.2) is 0 Å². The van der Waals surface area contributed by atoms with Crippen molar-refractivity contribution in [1.29, 1.82) is 0 Å². The predicted molar refractivity (Wildman–Crippen MR) is 85.2 cm³/mol. The molecule has 21 heavy (non-hydrogen) atoms. The maximum absolute atomic E-state index is 13.1. The van der Waals surface area contributed by atoms with Crippen LogP contribution in [0.2, 0.25) is 0 Å². The second-order valence-corrected chi connectivity index (χ2v) is 5.75. The fourth-order valence-corrected chi connectivity index (χ4v) is 2.74. The smallest absolute Gasteiger partial charge is 0.224 e. The topological polar surface area (TPSA) is 67.2 Å². The third kappa shape index (κ3) is 2.85. The van der Waals surface area contributed by atoms with Gasteiger partial charge in [-0.05, 0) is 58.2 Å². The second kappa shape index (κ2) is 5.37. The van der Waals surface area contributed by atoms with Gasteiger partial charge in [0.2, 0.25) is 5.91 Å². The van der Waals surface area contributed by atoms with Crippen molar-refractivity contribution in [2.75, 3.05) is 16.4 Å².